The molecule has 0 spiro atoms. The summed E-state index contributed by atoms with van der Waals surface area (Å²) in [7, 11) is 0. The molecule has 1 aromatic heterocycles. The molecular formula is C11H20N4OS. The first-order valence-electron chi connectivity index (χ1n) is 5.67. The average molecular weight is 256 g/mol. The first-order valence-corrected chi connectivity index (χ1v) is 6.55. The van der Waals surface area contributed by atoms with Gasteiger partial charge in [-0.05, 0) is 13.5 Å². The van der Waals surface area contributed by atoms with Crippen LogP contribution in [0.25, 0.3) is 0 Å². The molecular weight excluding hydrogens is 236 g/mol. The molecule has 1 rings (SSSR count). The van der Waals surface area contributed by atoms with Gasteiger partial charge in [0.15, 0.2) is 0 Å². The lowest BCUT2D eigenvalue weighted by atomic mass is 10.1. The van der Waals surface area contributed by atoms with E-state index in [1.807, 2.05) is 13.8 Å². The third-order valence-corrected chi connectivity index (χ3v) is 3.58. The summed E-state index contributed by atoms with van der Waals surface area (Å²) in [6, 6.07) is 0. The van der Waals surface area contributed by atoms with Crippen molar-refractivity contribution in [2.24, 2.45) is 16.8 Å². The Morgan fingerprint density at radius 1 is 1.71 bits per heavy atom. The van der Waals surface area contributed by atoms with Gasteiger partial charge in [-0.2, -0.15) is 0 Å². The maximum absolute atomic E-state index is 8.62. The van der Waals surface area contributed by atoms with Gasteiger partial charge >= 0.3 is 0 Å². The number of rotatable bonds is 6. The van der Waals surface area contributed by atoms with Gasteiger partial charge in [-0.15, -0.1) is 11.3 Å². The zero-order valence-electron chi connectivity index (χ0n) is 10.6. The van der Waals surface area contributed by atoms with Crippen molar-refractivity contribution in [3.05, 3.63) is 16.1 Å². The van der Waals surface area contributed by atoms with Crippen molar-refractivity contribution in [2.45, 2.75) is 27.3 Å². The molecule has 0 aromatic carbocycles. The fourth-order valence-electron chi connectivity index (χ4n) is 1.55. The van der Waals surface area contributed by atoms with Crippen LogP contribution < -0.4 is 5.73 Å². The number of aromatic nitrogens is 1. The molecule has 0 aliphatic heterocycles. The summed E-state index contributed by atoms with van der Waals surface area (Å²) in [5.74, 6) is 0.319. The molecule has 1 unspecified atom stereocenters. The van der Waals surface area contributed by atoms with Crippen molar-refractivity contribution in [1.82, 2.24) is 9.88 Å². The van der Waals surface area contributed by atoms with Crippen molar-refractivity contribution in [3.63, 3.8) is 0 Å². The highest BCUT2D eigenvalue weighted by Crippen LogP contribution is 2.12. The van der Waals surface area contributed by atoms with Crippen LogP contribution in [0.15, 0.2) is 10.5 Å². The lowest BCUT2D eigenvalue weighted by Gasteiger charge is -2.22. The summed E-state index contributed by atoms with van der Waals surface area (Å²) in [6.45, 7) is 8.55. The quantitative estimate of drug-likeness (QED) is 0.351. The van der Waals surface area contributed by atoms with Crippen molar-refractivity contribution in [3.8, 4) is 0 Å². The highest BCUT2D eigenvalue weighted by molar-refractivity contribution is 7.09. The van der Waals surface area contributed by atoms with Crippen molar-refractivity contribution in [2.75, 3.05) is 13.1 Å². The first-order chi connectivity index (χ1) is 8.06. The van der Waals surface area contributed by atoms with Gasteiger partial charge in [0.05, 0.1) is 6.54 Å². The van der Waals surface area contributed by atoms with Crippen LogP contribution in [0.4, 0.5) is 0 Å². The van der Waals surface area contributed by atoms with Crippen LogP contribution in [0.3, 0.4) is 0 Å². The van der Waals surface area contributed by atoms with Crippen LogP contribution >= 0.6 is 11.3 Å². The summed E-state index contributed by atoms with van der Waals surface area (Å²) in [6.07, 6.45) is 0. The first kappa shape index (κ1) is 13.9. The fourth-order valence-corrected chi connectivity index (χ4v) is 2.36. The topological polar surface area (TPSA) is 74.7 Å². The molecule has 0 aliphatic carbocycles. The zero-order valence-corrected chi connectivity index (χ0v) is 11.4. The highest BCUT2D eigenvalue weighted by Gasteiger charge is 2.14. The van der Waals surface area contributed by atoms with Gasteiger partial charge in [-0.1, -0.05) is 19.0 Å². The zero-order chi connectivity index (χ0) is 12.8. The second-order valence-electron chi connectivity index (χ2n) is 4.14. The molecule has 1 atom stereocenters. The van der Waals surface area contributed by atoms with E-state index in [1.165, 1.54) is 0 Å². The molecule has 3 N–H and O–H groups in total. The minimum atomic E-state index is 0.0426. The van der Waals surface area contributed by atoms with E-state index in [2.05, 4.69) is 27.3 Å². The van der Waals surface area contributed by atoms with Crippen molar-refractivity contribution in [1.29, 1.82) is 0 Å². The van der Waals surface area contributed by atoms with Crippen LogP contribution in [-0.4, -0.2) is 34.0 Å². The Kier molecular flexibility index (Phi) is 5.37. The number of amidine groups is 1. The largest absolute Gasteiger partial charge is 0.409 e. The van der Waals surface area contributed by atoms with E-state index >= 15 is 0 Å². The Morgan fingerprint density at radius 2 is 2.41 bits per heavy atom. The molecule has 6 heteroatoms. The summed E-state index contributed by atoms with van der Waals surface area (Å²) in [5.41, 5.74) is 6.64. The van der Waals surface area contributed by atoms with Gasteiger partial charge in [0, 0.05) is 23.5 Å². The molecule has 0 saturated heterocycles. The van der Waals surface area contributed by atoms with Gasteiger partial charge in [0.2, 0.25) is 0 Å². The smallest absolute Gasteiger partial charge is 0.143 e. The van der Waals surface area contributed by atoms with Crippen LogP contribution in [0.1, 0.15) is 24.5 Å². The molecule has 0 radical (unpaired) electrons. The molecule has 0 saturated carbocycles. The predicted octanol–water partition coefficient (Wildman–Crippen LogP) is 1.66. The second-order valence-corrected chi connectivity index (χ2v) is 5.08. The van der Waals surface area contributed by atoms with E-state index in [9.17, 15) is 0 Å². The minimum Gasteiger partial charge on any atom is -0.409 e. The third kappa shape index (κ3) is 4.32. The van der Waals surface area contributed by atoms with Crippen LogP contribution in [0.2, 0.25) is 0 Å². The average Bonchev–Trinajstić information content (AvgIpc) is 2.72. The number of hydrogen-bond donors (Lipinski definition) is 2. The van der Waals surface area contributed by atoms with Crippen molar-refractivity contribution < 1.29 is 5.21 Å². The van der Waals surface area contributed by atoms with Crippen LogP contribution in [0, 0.1) is 12.8 Å². The number of aryl methyl sites for hydroxylation is 1. The molecule has 0 fully saturated rings. The fraction of sp³-hybridized carbons (Fsp3) is 0.636. The van der Waals surface area contributed by atoms with Crippen LogP contribution in [-0.2, 0) is 6.54 Å². The third-order valence-electron chi connectivity index (χ3n) is 2.63. The summed E-state index contributed by atoms with van der Waals surface area (Å²) >= 11 is 1.67. The predicted molar refractivity (Wildman–Crippen MR) is 70.4 cm³/mol. The standard InChI is InChI=1S/C11H20N4OS/c1-4-15(5-8(2)11(12)14-16)6-10-13-9(3)7-17-10/h7-8,16H,4-6H2,1-3H3,(H2,12,14). The van der Waals surface area contributed by atoms with Crippen LogP contribution in [0.5, 0.6) is 0 Å². The Hall–Kier alpha value is -1.14. The maximum Gasteiger partial charge on any atom is 0.143 e. The Morgan fingerprint density at radius 3 is 2.88 bits per heavy atom. The molecule has 17 heavy (non-hydrogen) atoms. The normalized spacial score (nSPS) is 14.2. The molecule has 0 amide bonds. The lowest BCUT2D eigenvalue weighted by Crippen LogP contribution is -2.34. The minimum absolute atomic E-state index is 0.0426. The Bertz CT molecular complexity index is 377. The van der Waals surface area contributed by atoms with E-state index in [0.717, 1.165) is 30.3 Å². The summed E-state index contributed by atoms with van der Waals surface area (Å²) in [4.78, 5) is 6.67. The number of nitrogens with zero attached hydrogens (tertiary/aromatic N) is 3. The van der Waals surface area contributed by atoms with Gasteiger partial charge < -0.3 is 10.9 Å². The number of nitrogens with two attached hydrogens (primary N) is 1. The maximum atomic E-state index is 8.62. The van der Waals surface area contributed by atoms with E-state index in [1.54, 1.807) is 11.3 Å². The summed E-state index contributed by atoms with van der Waals surface area (Å²) in [5, 5.41) is 14.8. The second kappa shape index (κ2) is 6.56. The monoisotopic (exact) mass is 256 g/mol. The van der Waals surface area contributed by atoms with Gasteiger partial charge in [0.1, 0.15) is 10.8 Å². The lowest BCUT2D eigenvalue weighted by molar-refractivity contribution is 0.257. The van der Waals surface area contributed by atoms with E-state index in [-0.39, 0.29) is 11.8 Å². The van der Waals surface area contributed by atoms with Gasteiger partial charge in [-0.25, -0.2) is 4.98 Å². The summed E-state index contributed by atoms with van der Waals surface area (Å²) < 4.78 is 0. The van der Waals surface area contributed by atoms with E-state index < -0.39 is 0 Å². The molecule has 0 bridgehead atoms. The van der Waals surface area contributed by atoms with E-state index in [4.69, 9.17) is 10.9 Å². The molecule has 1 aromatic rings. The van der Waals surface area contributed by atoms with E-state index in [0.29, 0.717) is 0 Å². The number of oxime groups is 1. The molecule has 96 valence electrons. The SMILES string of the molecule is CCN(Cc1nc(C)cs1)CC(C)C(N)=NO. The van der Waals surface area contributed by atoms with Gasteiger partial charge in [-0.3, -0.25) is 4.90 Å². The highest BCUT2D eigenvalue weighted by atomic mass is 32.1. The molecule has 5 nitrogen and oxygen atoms in total. The molecule has 1 heterocycles. The Balaban J connectivity index is 2.54. The van der Waals surface area contributed by atoms with Crippen molar-refractivity contribution >= 4 is 17.2 Å². The number of thiazole rings is 1. The number of hydrogen-bond acceptors (Lipinski definition) is 5. The molecule has 0 aliphatic rings. The Labute approximate surface area is 106 Å². The van der Waals surface area contributed by atoms with Gasteiger partial charge in [0.25, 0.3) is 0 Å².